The van der Waals surface area contributed by atoms with E-state index in [2.05, 4.69) is 4.99 Å². The quantitative estimate of drug-likeness (QED) is 0.785. The van der Waals surface area contributed by atoms with E-state index >= 15 is 0 Å². The van der Waals surface area contributed by atoms with Gasteiger partial charge in [0.2, 0.25) is 0 Å². The molecule has 1 aromatic carbocycles. The van der Waals surface area contributed by atoms with Gasteiger partial charge in [0.25, 0.3) is 0 Å². The summed E-state index contributed by atoms with van der Waals surface area (Å²) in [7, 11) is 3.30. The lowest BCUT2D eigenvalue weighted by molar-refractivity contribution is 0.0527. The topological polar surface area (TPSA) is 60.3 Å². The molecule has 2 rings (SSSR count). The minimum Gasteiger partial charge on any atom is -0.493 e. The van der Waals surface area contributed by atoms with E-state index in [-0.39, 0.29) is 6.04 Å². The lowest BCUT2D eigenvalue weighted by Crippen LogP contribution is -2.38. The lowest BCUT2D eigenvalue weighted by Gasteiger charge is -2.29. The molecule has 5 nitrogen and oxygen atoms in total. The van der Waals surface area contributed by atoms with Gasteiger partial charge in [-0.1, -0.05) is 0 Å². The van der Waals surface area contributed by atoms with E-state index in [4.69, 9.17) is 14.2 Å². The Kier molecular flexibility index (Phi) is 5.42. The summed E-state index contributed by atoms with van der Waals surface area (Å²) < 4.78 is 16.2. The molecule has 22 heavy (non-hydrogen) atoms. The van der Waals surface area contributed by atoms with Crippen LogP contribution in [0.1, 0.15) is 31.4 Å². The summed E-state index contributed by atoms with van der Waals surface area (Å²) in [5, 5.41) is 10.2. The molecule has 1 aliphatic rings. The Bertz CT molecular complexity index is 534. The molecule has 0 amide bonds. The minimum atomic E-state index is -0.840. The van der Waals surface area contributed by atoms with E-state index in [1.807, 2.05) is 12.1 Å². The predicted molar refractivity (Wildman–Crippen MR) is 86.4 cm³/mol. The number of methoxy groups -OCH3 is 2. The molecule has 1 N–H and O–H groups in total. The van der Waals surface area contributed by atoms with Crippen LogP contribution in [0.25, 0.3) is 0 Å². The van der Waals surface area contributed by atoms with Crippen molar-refractivity contribution >= 4 is 6.21 Å². The van der Waals surface area contributed by atoms with Crippen LogP contribution in [-0.2, 0) is 11.2 Å². The Labute approximate surface area is 131 Å². The maximum Gasteiger partial charge on any atom is 0.161 e. The summed E-state index contributed by atoms with van der Waals surface area (Å²) in [5.74, 6) is 1.42. The molecule has 0 aromatic heterocycles. The summed E-state index contributed by atoms with van der Waals surface area (Å²) in [6.07, 6.45) is 3.32. The van der Waals surface area contributed by atoms with Crippen LogP contribution < -0.4 is 9.47 Å². The second-order valence-electron chi connectivity index (χ2n) is 6.05. The van der Waals surface area contributed by atoms with Crippen molar-refractivity contribution < 1.29 is 19.3 Å². The van der Waals surface area contributed by atoms with E-state index in [0.29, 0.717) is 25.4 Å². The largest absolute Gasteiger partial charge is 0.493 e. The van der Waals surface area contributed by atoms with E-state index in [1.165, 1.54) is 0 Å². The first-order chi connectivity index (χ1) is 10.5. The molecule has 0 spiro atoms. The normalized spacial score (nSPS) is 17.2. The molecule has 1 heterocycles. The number of rotatable bonds is 7. The van der Waals surface area contributed by atoms with Crippen molar-refractivity contribution in [3.63, 3.8) is 0 Å². The molecule has 0 saturated carbocycles. The number of hydrogen-bond acceptors (Lipinski definition) is 5. The van der Waals surface area contributed by atoms with Crippen LogP contribution in [0.4, 0.5) is 0 Å². The summed E-state index contributed by atoms with van der Waals surface area (Å²) in [4.78, 5) is 4.45. The predicted octanol–water partition coefficient (Wildman–Crippen LogP) is 2.23. The molecule has 1 unspecified atom stereocenters. The summed E-state index contributed by atoms with van der Waals surface area (Å²) in [6.45, 7) is 4.81. The van der Waals surface area contributed by atoms with Crippen LogP contribution in [0, 0.1) is 0 Å². The molecule has 0 radical (unpaired) electrons. The Balaban J connectivity index is 2.18. The van der Waals surface area contributed by atoms with Gasteiger partial charge in [-0.3, -0.25) is 4.99 Å². The third-order valence-electron chi connectivity index (χ3n) is 3.80. The third-order valence-corrected chi connectivity index (χ3v) is 3.80. The number of aliphatic hydroxyl groups is 1. The van der Waals surface area contributed by atoms with Gasteiger partial charge in [-0.2, -0.15) is 0 Å². The van der Waals surface area contributed by atoms with Gasteiger partial charge >= 0.3 is 0 Å². The summed E-state index contributed by atoms with van der Waals surface area (Å²) in [6, 6.07) is 3.78. The summed E-state index contributed by atoms with van der Waals surface area (Å²) in [5.41, 5.74) is 1.29. The van der Waals surface area contributed by atoms with E-state index < -0.39 is 5.60 Å². The van der Waals surface area contributed by atoms with Gasteiger partial charge in [0, 0.05) is 26.4 Å². The Morgan fingerprint density at radius 2 is 2.00 bits per heavy atom. The van der Waals surface area contributed by atoms with Crippen molar-refractivity contribution in [2.45, 2.75) is 38.3 Å². The van der Waals surface area contributed by atoms with Gasteiger partial charge in [0.05, 0.1) is 25.4 Å². The molecule has 1 atom stereocenters. The van der Waals surface area contributed by atoms with Crippen LogP contribution in [-0.4, -0.2) is 50.4 Å². The van der Waals surface area contributed by atoms with Crippen LogP contribution >= 0.6 is 0 Å². The molecule has 5 heteroatoms. The Hall–Kier alpha value is -1.59. The van der Waals surface area contributed by atoms with E-state index in [9.17, 15) is 5.11 Å². The van der Waals surface area contributed by atoms with Gasteiger partial charge in [-0.05, 0) is 43.5 Å². The highest BCUT2D eigenvalue weighted by Gasteiger charge is 2.29. The van der Waals surface area contributed by atoms with Crippen LogP contribution in [0.3, 0.4) is 0 Å². The van der Waals surface area contributed by atoms with E-state index in [1.54, 1.807) is 34.3 Å². The van der Waals surface area contributed by atoms with Gasteiger partial charge in [0.1, 0.15) is 0 Å². The van der Waals surface area contributed by atoms with Crippen molar-refractivity contribution in [3.05, 3.63) is 23.3 Å². The fraction of sp³-hybridized carbons (Fsp3) is 0.588. The average Bonchev–Trinajstić information content (AvgIpc) is 2.49. The average molecular weight is 307 g/mol. The second kappa shape index (κ2) is 7.11. The van der Waals surface area contributed by atoms with Gasteiger partial charge in [-0.15, -0.1) is 0 Å². The molecular weight excluding hydrogens is 282 g/mol. The fourth-order valence-corrected chi connectivity index (χ4v) is 2.44. The smallest absolute Gasteiger partial charge is 0.161 e. The molecule has 0 saturated heterocycles. The zero-order valence-corrected chi connectivity index (χ0v) is 13.8. The van der Waals surface area contributed by atoms with Gasteiger partial charge in [-0.25, -0.2) is 0 Å². The number of ether oxygens (including phenoxy) is 3. The number of aliphatic imine (C=N–C) groups is 1. The van der Waals surface area contributed by atoms with Crippen molar-refractivity contribution in [1.29, 1.82) is 0 Å². The molecule has 1 aliphatic heterocycles. The number of hydrogen-bond donors (Lipinski definition) is 1. The highest BCUT2D eigenvalue weighted by atomic mass is 16.5. The fourth-order valence-electron chi connectivity index (χ4n) is 2.44. The molecule has 0 fully saturated rings. The first-order valence-electron chi connectivity index (χ1n) is 7.54. The maximum absolute atomic E-state index is 10.2. The van der Waals surface area contributed by atoms with Crippen molar-refractivity contribution in [2.75, 3.05) is 27.4 Å². The Morgan fingerprint density at radius 3 is 2.64 bits per heavy atom. The van der Waals surface area contributed by atoms with Crippen molar-refractivity contribution in [2.24, 2.45) is 4.99 Å². The number of nitrogens with zero attached hydrogens (tertiary/aromatic N) is 1. The molecule has 1 aromatic rings. The standard InChI is InChI=1S/C17H25NO4/c1-17(2,19)16-10-12-8-15(22-7-5-6-20-3)14(21-4)9-13(12)11-18-16/h8-9,11,16,19H,5-7,10H2,1-4H3. The first-order valence-corrected chi connectivity index (χ1v) is 7.54. The zero-order chi connectivity index (χ0) is 16.2. The third kappa shape index (κ3) is 3.99. The number of fused-ring (bicyclic) bond motifs is 1. The molecule has 0 bridgehead atoms. The minimum absolute atomic E-state index is 0.144. The lowest BCUT2D eigenvalue weighted by atomic mass is 9.88. The second-order valence-corrected chi connectivity index (χ2v) is 6.05. The van der Waals surface area contributed by atoms with Crippen LogP contribution in [0.15, 0.2) is 17.1 Å². The highest BCUT2D eigenvalue weighted by molar-refractivity contribution is 5.84. The monoisotopic (exact) mass is 307 g/mol. The number of benzene rings is 1. The van der Waals surface area contributed by atoms with Gasteiger partial charge < -0.3 is 19.3 Å². The highest BCUT2D eigenvalue weighted by Crippen LogP contribution is 2.34. The van der Waals surface area contributed by atoms with Crippen molar-refractivity contribution in [1.82, 2.24) is 0 Å². The maximum atomic E-state index is 10.2. The zero-order valence-electron chi connectivity index (χ0n) is 13.8. The van der Waals surface area contributed by atoms with Crippen LogP contribution in [0.2, 0.25) is 0 Å². The van der Waals surface area contributed by atoms with Crippen molar-refractivity contribution in [3.8, 4) is 11.5 Å². The molecule has 122 valence electrons. The van der Waals surface area contributed by atoms with E-state index in [0.717, 1.165) is 23.3 Å². The Morgan fingerprint density at radius 1 is 1.23 bits per heavy atom. The SMILES string of the molecule is COCCCOc1cc2c(cc1OC)C=NC(C(C)(C)O)C2. The first kappa shape index (κ1) is 16.8. The molecular formula is C17H25NO4. The van der Waals surface area contributed by atoms with Crippen LogP contribution in [0.5, 0.6) is 11.5 Å². The summed E-state index contributed by atoms with van der Waals surface area (Å²) >= 11 is 0. The molecule has 0 aliphatic carbocycles. The van der Waals surface area contributed by atoms with Gasteiger partial charge in [0.15, 0.2) is 11.5 Å².